The lowest BCUT2D eigenvalue weighted by Gasteiger charge is -2.11. The Bertz CT molecular complexity index is 404. The molecular formula is C11H14N2O3. The minimum absolute atomic E-state index is 0.163. The fourth-order valence-corrected chi connectivity index (χ4v) is 1.20. The zero-order chi connectivity index (χ0) is 12.1. The van der Waals surface area contributed by atoms with Crippen molar-refractivity contribution in [3.63, 3.8) is 0 Å². The van der Waals surface area contributed by atoms with Gasteiger partial charge in [0.15, 0.2) is 0 Å². The molecule has 1 atom stereocenters. The molecule has 0 spiro atoms. The van der Waals surface area contributed by atoms with Crippen molar-refractivity contribution in [2.24, 2.45) is 0 Å². The van der Waals surface area contributed by atoms with Gasteiger partial charge in [-0.15, -0.1) is 0 Å². The molecule has 0 unspecified atom stereocenters. The molecule has 5 nitrogen and oxygen atoms in total. The summed E-state index contributed by atoms with van der Waals surface area (Å²) in [6.45, 7) is 2.97. The van der Waals surface area contributed by atoms with E-state index in [-0.39, 0.29) is 5.91 Å². The van der Waals surface area contributed by atoms with Crippen molar-refractivity contribution in [1.82, 2.24) is 0 Å². The summed E-state index contributed by atoms with van der Waals surface area (Å²) in [6.07, 6.45) is 0. The Morgan fingerprint density at radius 1 is 1.31 bits per heavy atom. The maximum absolute atomic E-state index is 10.8. The van der Waals surface area contributed by atoms with E-state index in [1.807, 2.05) is 0 Å². The third kappa shape index (κ3) is 3.61. The largest absolute Gasteiger partial charge is 0.480 e. The van der Waals surface area contributed by atoms with Crippen LogP contribution in [0.4, 0.5) is 11.4 Å². The van der Waals surface area contributed by atoms with E-state index in [4.69, 9.17) is 5.11 Å². The van der Waals surface area contributed by atoms with Gasteiger partial charge in [-0.05, 0) is 25.1 Å². The standard InChI is InChI=1S/C11H14N2O3/c1-7(11(15)16)12-9-4-3-5-10(6-9)13-8(2)14/h3-7,12H,1-2H3,(H,13,14)(H,15,16)/t7-/m1/s1. The van der Waals surface area contributed by atoms with E-state index >= 15 is 0 Å². The monoisotopic (exact) mass is 222 g/mol. The highest BCUT2D eigenvalue weighted by molar-refractivity contribution is 5.89. The van der Waals surface area contributed by atoms with Gasteiger partial charge in [0.05, 0.1) is 0 Å². The van der Waals surface area contributed by atoms with E-state index in [0.29, 0.717) is 11.4 Å². The van der Waals surface area contributed by atoms with Crippen LogP contribution in [0, 0.1) is 0 Å². The first-order valence-electron chi connectivity index (χ1n) is 4.86. The first-order valence-corrected chi connectivity index (χ1v) is 4.86. The highest BCUT2D eigenvalue weighted by atomic mass is 16.4. The SMILES string of the molecule is CC(=O)Nc1cccc(N[C@H](C)C(=O)O)c1. The molecule has 0 aliphatic carbocycles. The molecule has 0 bridgehead atoms. The van der Waals surface area contributed by atoms with Crippen molar-refractivity contribution in [2.75, 3.05) is 10.6 Å². The van der Waals surface area contributed by atoms with Crippen LogP contribution < -0.4 is 10.6 Å². The molecule has 0 saturated carbocycles. The molecular weight excluding hydrogens is 208 g/mol. The van der Waals surface area contributed by atoms with Crippen LogP contribution in [0.15, 0.2) is 24.3 Å². The van der Waals surface area contributed by atoms with Crippen LogP contribution in [0.5, 0.6) is 0 Å². The van der Waals surface area contributed by atoms with Crippen LogP contribution in [0.1, 0.15) is 13.8 Å². The maximum atomic E-state index is 10.8. The van der Waals surface area contributed by atoms with Gasteiger partial charge in [-0.25, -0.2) is 0 Å². The fraction of sp³-hybridized carbons (Fsp3) is 0.273. The number of anilines is 2. The number of nitrogens with one attached hydrogen (secondary N) is 2. The Balaban J connectivity index is 2.74. The van der Waals surface area contributed by atoms with Gasteiger partial charge in [0.2, 0.25) is 5.91 Å². The number of hydrogen-bond acceptors (Lipinski definition) is 3. The second-order valence-corrected chi connectivity index (χ2v) is 3.47. The quantitative estimate of drug-likeness (QED) is 0.721. The van der Waals surface area contributed by atoms with Crippen molar-refractivity contribution in [1.29, 1.82) is 0 Å². The van der Waals surface area contributed by atoms with Gasteiger partial charge >= 0.3 is 5.97 Å². The van der Waals surface area contributed by atoms with Gasteiger partial charge in [0.25, 0.3) is 0 Å². The minimum atomic E-state index is -0.926. The highest BCUT2D eigenvalue weighted by Gasteiger charge is 2.09. The van der Waals surface area contributed by atoms with Crippen molar-refractivity contribution in [3.8, 4) is 0 Å². The van der Waals surface area contributed by atoms with Crippen LogP contribution in [0.25, 0.3) is 0 Å². The van der Waals surface area contributed by atoms with Crippen LogP contribution >= 0.6 is 0 Å². The second-order valence-electron chi connectivity index (χ2n) is 3.47. The van der Waals surface area contributed by atoms with Crippen LogP contribution in [-0.4, -0.2) is 23.0 Å². The number of hydrogen-bond donors (Lipinski definition) is 3. The number of carbonyl (C=O) groups excluding carboxylic acids is 1. The van der Waals surface area contributed by atoms with E-state index in [9.17, 15) is 9.59 Å². The molecule has 1 aromatic carbocycles. The van der Waals surface area contributed by atoms with Crippen molar-refractivity contribution < 1.29 is 14.7 Å². The summed E-state index contributed by atoms with van der Waals surface area (Å²) in [6, 6.07) is 6.22. The van der Waals surface area contributed by atoms with E-state index in [0.717, 1.165) is 0 Å². The molecule has 0 saturated heterocycles. The van der Waals surface area contributed by atoms with Crippen molar-refractivity contribution >= 4 is 23.3 Å². The summed E-state index contributed by atoms with van der Waals surface area (Å²) < 4.78 is 0. The molecule has 86 valence electrons. The summed E-state index contributed by atoms with van der Waals surface area (Å²) in [5.41, 5.74) is 1.29. The lowest BCUT2D eigenvalue weighted by molar-refractivity contribution is -0.137. The van der Waals surface area contributed by atoms with Crippen molar-refractivity contribution in [3.05, 3.63) is 24.3 Å². The Morgan fingerprint density at radius 2 is 1.94 bits per heavy atom. The zero-order valence-electron chi connectivity index (χ0n) is 9.15. The summed E-state index contributed by atoms with van der Waals surface area (Å²) in [4.78, 5) is 21.5. The predicted octanol–water partition coefficient (Wildman–Crippen LogP) is 1.53. The van der Waals surface area contributed by atoms with Gasteiger partial charge in [-0.3, -0.25) is 9.59 Å². The lowest BCUT2D eigenvalue weighted by atomic mass is 10.2. The third-order valence-corrected chi connectivity index (χ3v) is 1.94. The lowest BCUT2D eigenvalue weighted by Crippen LogP contribution is -2.25. The average molecular weight is 222 g/mol. The average Bonchev–Trinajstić information content (AvgIpc) is 2.16. The molecule has 0 radical (unpaired) electrons. The normalized spacial score (nSPS) is 11.6. The number of carboxylic acid groups (broad SMARTS) is 1. The van der Waals surface area contributed by atoms with E-state index in [2.05, 4.69) is 10.6 Å². The van der Waals surface area contributed by atoms with Gasteiger partial charge in [-0.2, -0.15) is 0 Å². The Hall–Kier alpha value is -2.04. The summed E-state index contributed by atoms with van der Waals surface area (Å²) in [5.74, 6) is -1.09. The topological polar surface area (TPSA) is 78.4 Å². The molecule has 1 rings (SSSR count). The Labute approximate surface area is 93.5 Å². The summed E-state index contributed by atoms with van der Waals surface area (Å²) in [5, 5.41) is 14.2. The fourth-order valence-electron chi connectivity index (χ4n) is 1.20. The zero-order valence-corrected chi connectivity index (χ0v) is 9.15. The minimum Gasteiger partial charge on any atom is -0.480 e. The van der Waals surface area contributed by atoms with Gasteiger partial charge in [0, 0.05) is 18.3 Å². The molecule has 0 aromatic heterocycles. The van der Waals surface area contributed by atoms with E-state index in [1.54, 1.807) is 31.2 Å². The maximum Gasteiger partial charge on any atom is 0.325 e. The highest BCUT2D eigenvalue weighted by Crippen LogP contribution is 2.15. The number of aliphatic carboxylic acids is 1. The van der Waals surface area contributed by atoms with Gasteiger partial charge < -0.3 is 15.7 Å². The predicted molar refractivity (Wildman–Crippen MR) is 61.5 cm³/mol. The number of benzene rings is 1. The molecule has 0 heterocycles. The number of amides is 1. The molecule has 1 amide bonds. The number of carbonyl (C=O) groups is 2. The molecule has 3 N–H and O–H groups in total. The molecule has 5 heteroatoms. The van der Waals surface area contributed by atoms with Crippen LogP contribution in [-0.2, 0) is 9.59 Å². The summed E-state index contributed by atoms with van der Waals surface area (Å²) in [7, 11) is 0. The van der Waals surface area contributed by atoms with Gasteiger partial charge in [0.1, 0.15) is 6.04 Å². The first-order chi connectivity index (χ1) is 7.49. The third-order valence-electron chi connectivity index (χ3n) is 1.94. The van der Waals surface area contributed by atoms with Crippen LogP contribution in [0.2, 0.25) is 0 Å². The Kier molecular flexibility index (Phi) is 3.88. The molecule has 0 aliphatic rings. The smallest absolute Gasteiger partial charge is 0.325 e. The number of carboxylic acids is 1. The molecule has 0 fully saturated rings. The van der Waals surface area contributed by atoms with E-state index in [1.165, 1.54) is 6.92 Å². The van der Waals surface area contributed by atoms with E-state index < -0.39 is 12.0 Å². The van der Waals surface area contributed by atoms with Crippen molar-refractivity contribution in [2.45, 2.75) is 19.9 Å². The summed E-state index contributed by atoms with van der Waals surface area (Å²) >= 11 is 0. The molecule has 0 aliphatic heterocycles. The number of rotatable bonds is 4. The first kappa shape index (κ1) is 12.0. The Morgan fingerprint density at radius 3 is 2.50 bits per heavy atom. The van der Waals surface area contributed by atoms with Crippen LogP contribution in [0.3, 0.4) is 0 Å². The second kappa shape index (κ2) is 5.16. The molecule has 1 aromatic rings. The molecule has 16 heavy (non-hydrogen) atoms. The van der Waals surface area contributed by atoms with Gasteiger partial charge in [-0.1, -0.05) is 6.07 Å².